The zero-order valence-electron chi connectivity index (χ0n) is 60.6. The van der Waals surface area contributed by atoms with Gasteiger partial charge in [0, 0.05) is 101 Å². The average molecular weight is 1440 g/mol. The van der Waals surface area contributed by atoms with Crippen LogP contribution in [0.15, 0.2) is 133 Å². The molecule has 13 rings (SSSR count). The van der Waals surface area contributed by atoms with Crippen LogP contribution in [0.4, 0.5) is 17.7 Å². The lowest BCUT2D eigenvalue weighted by Gasteiger charge is -2.35. The molecule has 9 aliphatic rings. The number of amides is 3. The van der Waals surface area contributed by atoms with E-state index in [9.17, 15) is 51.8 Å². The number of piperazine rings is 3. The summed E-state index contributed by atoms with van der Waals surface area (Å²) < 4.78 is 57.0. The number of halogens is 4. The summed E-state index contributed by atoms with van der Waals surface area (Å²) >= 11 is 0. The summed E-state index contributed by atoms with van der Waals surface area (Å²) in [5, 5.41) is 23.3. The second kappa shape index (κ2) is 43.0. The normalized spacial score (nSPS) is 23.7. The number of allylic oxidation sites excluding steroid dienone is 1. The van der Waals surface area contributed by atoms with Crippen molar-refractivity contribution in [3.05, 3.63) is 166 Å². The van der Waals surface area contributed by atoms with Gasteiger partial charge < -0.3 is 59.5 Å². The number of nitrogens with one attached hydrogen (secondary N) is 4. The summed E-state index contributed by atoms with van der Waals surface area (Å²) in [6.45, 7) is 22.7. The Kier molecular flexibility index (Phi) is 34.8. The van der Waals surface area contributed by atoms with Gasteiger partial charge in [0.2, 0.25) is 11.8 Å². The van der Waals surface area contributed by atoms with Crippen LogP contribution in [0.1, 0.15) is 148 Å². The zero-order chi connectivity index (χ0) is 73.6. The lowest BCUT2D eigenvalue weighted by molar-refractivity contribution is -0.569. The molecule has 3 amide bonds. The van der Waals surface area contributed by atoms with E-state index < -0.39 is 24.6 Å². The smallest absolute Gasteiger partial charge is 0.762 e. The highest BCUT2D eigenvalue weighted by Crippen LogP contribution is 2.32. The minimum Gasteiger partial charge on any atom is -1.00 e. The van der Waals surface area contributed by atoms with Crippen molar-refractivity contribution in [1.82, 2.24) is 40.9 Å². The Hall–Kier alpha value is -8.47. The van der Waals surface area contributed by atoms with Crippen molar-refractivity contribution in [2.75, 3.05) is 59.2 Å². The quantitative estimate of drug-likeness (QED) is 0.0177. The summed E-state index contributed by atoms with van der Waals surface area (Å²) in [6.07, 6.45) is 11.7. The van der Waals surface area contributed by atoms with Crippen molar-refractivity contribution < 1.29 is 79.6 Å². The molecule has 9 atom stereocenters. The molecule has 0 spiro atoms. The van der Waals surface area contributed by atoms with Gasteiger partial charge in [-0.3, -0.25) is 42.5 Å². The first-order valence-electron chi connectivity index (χ1n) is 36.0. The van der Waals surface area contributed by atoms with Gasteiger partial charge in [-0.25, -0.2) is 19.2 Å². The highest BCUT2D eigenvalue weighted by Gasteiger charge is 2.44. The molecular weight excluding hydrogens is 1340 g/mol. The van der Waals surface area contributed by atoms with Crippen LogP contribution in [-0.4, -0.2) is 197 Å². The molecule has 9 heterocycles. The van der Waals surface area contributed by atoms with Gasteiger partial charge in [0.05, 0.1) is 49.5 Å². The van der Waals surface area contributed by atoms with Gasteiger partial charge in [-0.2, -0.15) is 4.58 Å². The van der Waals surface area contributed by atoms with Gasteiger partial charge in [-0.05, 0) is 123 Å². The molecule has 0 aliphatic carbocycles. The van der Waals surface area contributed by atoms with E-state index in [0.29, 0.717) is 89.0 Å². The fourth-order valence-electron chi connectivity index (χ4n) is 14.1. The molecule has 4 aromatic rings. The molecule has 564 valence electrons. The number of hydrogen-bond acceptors (Lipinski definition) is 18. The van der Waals surface area contributed by atoms with Crippen LogP contribution in [0, 0.1) is 10.1 Å². The number of nitrogens with zero attached hydrogens (tertiary/aromatic N) is 6. The first-order chi connectivity index (χ1) is 49.1. The summed E-state index contributed by atoms with van der Waals surface area (Å²) in [6, 6.07) is 43.1. The third-order valence-corrected chi connectivity index (χ3v) is 18.7. The molecule has 0 saturated carbocycles. The monoisotopic (exact) mass is 1440 g/mol. The van der Waals surface area contributed by atoms with Gasteiger partial charge in [-0.15, -0.1) is 0 Å². The van der Waals surface area contributed by atoms with Crippen molar-refractivity contribution in [1.29, 1.82) is 0 Å². The third-order valence-electron chi connectivity index (χ3n) is 18.7. The summed E-state index contributed by atoms with van der Waals surface area (Å²) in [7, 11) is -3.67. The lowest BCUT2D eigenvalue weighted by Crippen LogP contribution is -3.00. The molecule has 6 bridgehead atoms. The Morgan fingerprint density at radius 2 is 1.11 bits per heavy atom. The van der Waals surface area contributed by atoms with E-state index in [1.165, 1.54) is 55.5 Å². The summed E-state index contributed by atoms with van der Waals surface area (Å²) in [5.74, 6) is 0.249. The standard InChI is InChI=1S/C16H22NO3.C15H18N2O4.C13H16N2O.C13H18N2.C11H20N2O2.C7H11NO3.BF3.FH/c1-3-19-15-11-10-14(16(18)20-4-2)17(15)12-13-8-6-5-7-9-13;1-2-21-15(18)14-9-8-13(11-17(19)20)16(14)10-12-6-4-3-5-7-12;16-13-12-7-6-11(8-14-13)15(12)9-10-4-2-1-3-5-10;1-2-4-11(5-3-1)10-15-12-6-7-13(15)9-14-8-12;1-11(2,3)15-10(14)13-6-8-4-5-9(7-13)12-8;1-2-11-7(10)5-3-4-6(9)8-5;2-1(3)4;/h5-9,14H,3-4,10-12H2,1-2H3;3-7,11,14H,2,8-10H2,1H3;1-5,11-12H,6-9H2,(H,14,16);1-5,12-14H,6-10H2;8-9,12H,4-7H2,1-3H3;5H,2-4H2,1H3,(H,8,9);;1H/q+1;;;;;;;/p-1/b;13-11+;;;;;;. The fraction of sp³-hybridized carbons (Fsp3) is 0.560. The van der Waals surface area contributed by atoms with Crippen molar-refractivity contribution >= 4 is 49.3 Å². The molecule has 23 nitrogen and oxygen atoms in total. The third kappa shape index (κ3) is 27.3. The summed E-state index contributed by atoms with van der Waals surface area (Å²) in [4.78, 5) is 88.1. The highest BCUT2D eigenvalue weighted by molar-refractivity contribution is 6.33. The first kappa shape index (κ1) is 83.5. The SMILES string of the molecule is CC(C)(C)OC(=O)N1CC2CCC(C1)N2.CCOC(=O)C1CC/C(=C\[N+](=O)[O-])N1Cc1ccccc1.CCOC(=O)C1CCC(=O)N1.CCOC(=O)C1CCC(OCC)=[N+]1Cc1ccccc1.FB(F)F.O=C1NCC2CCC1N2Cc1ccccc1.[F-].c1ccc(CN2C3CCC2CNC3)cc1. The number of ether oxygens (including phenoxy) is 5. The van der Waals surface area contributed by atoms with Gasteiger partial charge in [-0.1, -0.05) is 121 Å². The molecular formula is C75H105BF4N10O13. The molecule has 8 saturated heterocycles. The van der Waals surface area contributed by atoms with E-state index in [-0.39, 0.29) is 58.2 Å². The fourth-order valence-corrected chi connectivity index (χ4v) is 14.1. The molecule has 0 aromatic heterocycles. The van der Waals surface area contributed by atoms with E-state index in [1.54, 1.807) is 18.7 Å². The molecule has 0 radical (unpaired) electrons. The van der Waals surface area contributed by atoms with E-state index >= 15 is 0 Å². The average Bonchev–Trinajstić information content (AvgIpc) is 1.70. The minimum atomic E-state index is -3.67. The number of rotatable bonds is 16. The van der Waals surface area contributed by atoms with E-state index in [0.717, 1.165) is 88.2 Å². The Balaban J connectivity index is 0.000000193. The Morgan fingerprint density at radius 3 is 1.61 bits per heavy atom. The number of carbonyl (C=O) groups is 6. The van der Waals surface area contributed by atoms with Crippen LogP contribution >= 0.6 is 0 Å². The van der Waals surface area contributed by atoms with Crippen LogP contribution in [0.5, 0.6) is 0 Å². The van der Waals surface area contributed by atoms with Crippen LogP contribution in [0.2, 0.25) is 0 Å². The zero-order valence-corrected chi connectivity index (χ0v) is 60.6. The van der Waals surface area contributed by atoms with Crippen LogP contribution in [0.25, 0.3) is 0 Å². The Morgan fingerprint density at radius 1 is 0.612 bits per heavy atom. The minimum absolute atomic E-state index is 0. The predicted molar refractivity (Wildman–Crippen MR) is 382 cm³/mol. The van der Waals surface area contributed by atoms with Crippen molar-refractivity contribution in [2.45, 2.75) is 212 Å². The number of fused-ring (bicyclic) bond motifs is 6. The highest BCUT2D eigenvalue weighted by atomic mass is 19.4. The van der Waals surface area contributed by atoms with Crippen LogP contribution < -0.4 is 26.0 Å². The number of carbonyl (C=O) groups excluding carboxylic acids is 6. The maximum absolute atomic E-state index is 12.1. The molecule has 8 fully saturated rings. The maximum atomic E-state index is 12.1. The van der Waals surface area contributed by atoms with Gasteiger partial charge >= 0.3 is 37.4 Å². The van der Waals surface area contributed by atoms with E-state index in [4.69, 9.17) is 23.7 Å². The van der Waals surface area contributed by atoms with Crippen molar-refractivity contribution in [3.63, 3.8) is 0 Å². The number of nitro groups is 1. The van der Waals surface area contributed by atoms with Gasteiger partial charge in [0.25, 0.3) is 12.2 Å². The molecule has 28 heteroatoms. The number of likely N-dealkylation sites (tertiary alicyclic amines) is 2. The maximum Gasteiger partial charge on any atom is 0.762 e. The van der Waals surface area contributed by atoms with Crippen LogP contribution in [0.3, 0.4) is 0 Å². The van der Waals surface area contributed by atoms with Crippen molar-refractivity contribution in [2.24, 2.45) is 0 Å². The van der Waals surface area contributed by atoms with E-state index in [2.05, 4.69) is 97.8 Å². The molecule has 4 aromatic carbocycles. The topological polar surface area (TPSA) is 256 Å². The molecule has 9 unspecified atom stereocenters. The number of benzene rings is 4. The van der Waals surface area contributed by atoms with Gasteiger partial charge in [0.15, 0.2) is 6.54 Å². The summed E-state index contributed by atoms with van der Waals surface area (Å²) in [5.41, 5.74) is 5.11. The predicted octanol–water partition coefficient (Wildman–Crippen LogP) is 6.53. The molecule has 9 aliphatic heterocycles. The Labute approximate surface area is 603 Å². The number of esters is 3. The molecule has 4 N–H and O–H groups in total. The van der Waals surface area contributed by atoms with Gasteiger partial charge in [0.1, 0.15) is 17.7 Å². The second-order valence-corrected chi connectivity index (χ2v) is 27.1. The lowest BCUT2D eigenvalue weighted by atomic mass is 10.1. The molecule has 103 heavy (non-hydrogen) atoms. The largest absolute Gasteiger partial charge is 1.00 e. The number of hydrogen-bond donors (Lipinski definition) is 4. The van der Waals surface area contributed by atoms with E-state index in [1.807, 2.05) is 98.7 Å². The van der Waals surface area contributed by atoms with Crippen LogP contribution in [-0.2, 0) is 73.8 Å². The second-order valence-electron chi connectivity index (χ2n) is 27.1. The Bertz CT molecular complexity index is 3320. The first-order valence-corrected chi connectivity index (χ1v) is 36.0. The van der Waals surface area contributed by atoms with Crippen molar-refractivity contribution in [3.8, 4) is 0 Å².